The van der Waals surface area contributed by atoms with E-state index in [1.54, 1.807) is 18.3 Å². The molecule has 0 saturated heterocycles. The van der Waals surface area contributed by atoms with Crippen molar-refractivity contribution in [1.82, 2.24) is 9.38 Å². The SMILES string of the molecule is O=[N+]([O-])c1ccc(-c2nc3ccccn3c2N=Cc2ccc(I)cc2)cc1. The highest BCUT2D eigenvalue weighted by atomic mass is 127. The third-order valence-electron chi connectivity index (χ3n) is 4.06. The molecule has 0 aliphatic heterocycles. The summed E-state index contributed by atoms with van der Waals surface area (Å²) >= 11 is 2.26. The topological polar surface area (TPSA) is 72.8 Å². The second-order valence-electron chi connectivity index (χ2n) is 5.83. The van der Waals surface area contributed by atoms with Crippen molar-refractivity contribution in [2.45, 2.75) is 0 Å². The molecule has 0 atom stereocenters. The molecule has 0 amide bonds. The number of rotatable bonds is 4. The van der Waals surface area contributed by atoms with Crippen molar-refractivity contribution in [3.8, 4) is 11.3 Å². The summed E-state index contributed by atoms with van der Waals surface area (Å²) in [6.07, 6.45) is 3.69. The van der Waals surface area contributed by atoms with Crippen molar-refractivity contribution < 1.29 is 4.92 Å². The molecule has 0 N–H and O–H groups in total. The van der Waals surface area contributed by atoms with Gasteiger partial charge in [-0.25, -0.2) is 9.98 Å². The molecule has 0 radical (unpaired) electrons. The molecule has 7 heteroatoms. The van der Waals surface area contributed by atoms with Crippen LogP contribution in [0.25, 0.3) is 16.9 Å². The van der Waals surface area contributed by atoms with E-state index in [1.165, 1.54) is 12.1 Å². The standard InChI is InChI=1S/C20H13IN4O2/c21-16-8-4-14(5-9-16)13-22-20-19(23-18-3-1-2-12-24(18)20)15-6-10-17(11-7-15)25(26)27/h1-13H. The van der Waals surface area contributed by atoms with Crippen molar-refractivity contribution >= 4 is 46.0 Å². The molecule has 0 spiro atoms. The van der Waals surface area contributed by atoms with E-state index in [9.17, 15) is 10.1 Å². The number of nitro benzene ring substituents is 1. The number of fused-ring (bicyclic) bond motifs is 1. The van der Waals surface area contributed by atoms with E-state index in [-0.39, 0.29) is 5.69 Å². The summed E-state index contributed by atoms with van der Waals surface area (Å²) in [4.78, 5) is 19.8. The fraction of sp³-hybridized carbons (Fsp3) is 0. The van der Waals surface area contributed by atoms with Crippen LogP contribution in [0.5, 0.6) is 0 Å². The molecule has 0 bridgehead atoms. The van der Waals surface area contributed by atoms with Crippen LogP contribution in [0.2, 0.25) is 0 Å². The lowest BCUT2D eigenvalue weighted by Crippen LogP contribution is -1.88. The third kappa shape index (κ3) is 3.59. The van der Waals surface area contributed by atoms with E-state index in [0.29, 0.717) is 11.5 Å². The largest absolute Gasteiger partial charge is 0.284 e. The Hall–Kier alpha value is -3.07. The molecule has 132 valence electrons. The van der Waals surface area contributed by atoms with Gasteiger partial charge >= 0.3 is 0 Å². The molecule has 0 aliphatic carbocycles. The fourth-order valence-electron chi connectivity index (χ4n) is 2.73. The van der Waals surface area contributed by atoms with Crippen molar-refractivity contribution in [2.24, 2.45) is 4.99 Å². The van der Waals surface area contributed by atoms with Crippen LogP contribution in [0.4, 0.5) is 11.5 Å². The highest BCUT2D eigenvalue weighted by Gasteiger charge is 2.14. The lowest BCUT2D eigenvalue weighted by atomic mass is 10.1. The number of pyridine rings is 1. The van der Waals surface area contributed by atoms with Crippen LogP contribution in [0.3, 0.4) is 0 Å². The normalized spacial score (nSPS) is 11.3. The van der Waals surface area contributed by atoms with Crippen LogP contribution in [0.1, 0.15) is 5.56 Å². The lowest BCUT2D eigenvalue weighted by molar-refractivity contribution is -0.384. The van der Waals surface area contributed by atoms with Crippen LogP contribution in [-0.4, -0.2) is 20.5 Å². The quantitative estimate of drug-likeness (QED) is 0.177. The molecule has 2 aromatic carbocycles. The lowest BCUT2D eigenvalue weighted by Gasteiger charge is -2.01. The van der Waals surface area contributed by atoms with Crippen molar-refractivity contribution in [3.63, 3.8) is 0 Å². The van der Waals surface area contributed by atoms with Crippen LogP contribution < -0.4 is 0 Å². The Kier molecular flexibility index (Phi) is 4.68. The number of hydrogen-bond donors (Lipinski definition) is 0. The first kappa shape index (κ1) is 17.3. The number of hydrogen-bond acceptors (Lipinski definition) is 4. The average molecular weight is 468 g/mol. The Labute approximate surface area is 168 Å². The van der Waals surface area contributed by atoms with E-state index in [4.69, 9.17) is 0 Å². The molecule has 4 rings (SSSR count). The Morgan fingerprint density at radius 1 is 1.04 bits per heavy atom. The molecule has 4 aromatic rings. The zero-order valence-electron chi connectivity index (χ0n) is 14.0. The Morgan fingerprint density at radius 2 is 1.78 bits per heavy atom. The van der Waals surface area contributed by atoms with E-state index >= 15 is 0 Å². The van der Waals surface area contributed by atoms with Gasteiger partial charge in [-0.1, -0.05) is 18.2 Å². The number of imidazole rings is 1. The molecule has 27 heavy (non-hydrogen) atoms. The monoisotopic (exact) mass is 468 g/mol. The maximum atomic E-state index is 10.9. The first-order valence-electron chi connectivity index (χ1n) is 8.13. The zero-order valence-corrected chi connectivity index (χ0v) is 16.1. The van der Waals surface area contributed by atoms with Gasteiger partial charge in [0.25, 0.3) is 5.69 Å². The second-order valence-corrected chi connectivity index (χ2v) is 7.07. The van der Waals surface area contributed by atoms with Gasteiger partial charge in [0.2, 0.25) is 0 Å². The summed E-state index contributed by atoms with van der Waals surface area (Å²) in [7, 11) is 0. The maximum absolute atomic E-state index is 10.9. The molecule has 0 unspecified atom stereocenters. The van der Waals surface area contributed by atoms with Gasteiger partial charge in [-0.3, -0.25) is 14.5 Å². The number of non-ortho nitro benzene ring substituents is 1. The average Bonchev–Trinajstić information content (AvgIpc) is 3.06. The number of aliphatic imine (C=N–C) groups is 1. The number of nitro groups is 1. The van der Waals surface area contributed by atoms with Gasteiger partial charge < -0.3 is 0 Å². The molecule has 2 heterocycles. The number of halogens is 1. The Balaban J connectivity index is 1.81. The number of benzene rings is 2. The molecule has 0 fully saturated rings. The summed E-state index contributed by atoms with van der Waals surface area (Å²) in [5, 5.41) is 10.9. The van der Waals surface area contributed by atoms with Gasteiger partial charge in [0.15, 0.2) is 5.82 Å². The Morgan fingerprint density at radius 3 is 2.48 bits per heavy atom. The number of aromatic nitrogens is 2. The number of nitrogens with zero attached hydrogens (tertiary/aromatic N) is 4. The Bertz CT molecular complexity index is 1150. The van der Waals surface area contributed by atoms with E-state index in [2.05, 4.69) is 32.6 Å². The van der Waals surface area contributed by atoms with Gasteiger partial charge in [0.05, 0.1) is 4.92 Å². The van der Waals surface area contributed by atoms with Gasteiger partial charge in [-0.05, 0) is 64.6 Å². The summed E-state index contributed by atoms with van der Waals surface area (Å²) in [5.41, 5.74) is 3.25. The molecule has 2 aromatic heterocycles. The first-order valence-corrected chi connectivity index (χ1v) is 9.21. The first-order chi connectivity index (χ1) is 13.1. The molecule has 0 saturated carbocycles. The van der Waals surface area contributed by atoms with Crippen molar-refractivity contribution in [3.05, 3.63) is 92.2 Å². The van der Waals surface area contributed by atoms with Gasteiger partial charge in [-0.2, -0.15) is 0 Å². The predicted molar refractivity (Wildman–Crippen MR) is 114 cm³/mol. The van der Waals surface area contributed by atoms with Crippen molar-refractivity contribution in [2.75, 3.05) is 0 Å². The summed E-state index contributed by atoms with van der Waals surface area (Å²) in [5.74, 6) is 0.679. The van der Waals surface area contributed by atoms with Crippen LogP contribution in [0.15, 0.2) is 77.9 Å². The van der Waals surface area contributed by atoms with Crippen molar-refractivity contribution in [1.29, 1.82) is 0 Å². The van der Waals surface area contributed by atoms with E-state index < -0.39 is 4.92 Å². The highest BCUT2D eigenvalue weighted by molar-refractivity contribution is 14.1. The minimum Gasteiger partial charge on any atom is -0.284 e. The molecular formula is C20H13IN4O2. The summed E-state index contributed by atoms with van der Waals surface area (Å²) < 4.78 is 3.06. The van der Waals surface area contributed by atoms with Gasteiger partial charge in [0.1, 0.15) is 11.3 Å². The third-order valence-corrected chi connectivity index (χ3v) is 4.78. The molecule has 6 nitrogen and oxygen atoms in total. The zero-order chi connectivity index (χ0) is 18.8. The van der Waals surface area contributed by atoms with Gasteiger partial charge in [-0.15, -0.1) is 0 Å². The van der Waals surface area contributed by atoms with Crippen LogP contribution >= 0.6 is 22.6 Å². The molecular weight excluding hydrogens is 455 g/mol. The summed E-state index contributed by atoms with van der Waals surface area (Å²) in [6.45, 7) is 0. The maximum Gasteiger partial charge on any atom is 0.269 e. The van der Waals surface area contributed by atoms with Gasteiger partial charge in [0, 0.05) is 33.7 Å². The highest BCUT2D eigenvalue weighted by Crippen LogP contribution is 2.32. The minimum absolute atomic E-state index is 0.0476. The minimum atomic E-state index is -0.413. The van der Waals surface area contributed by atoms with Crippen LogP contribution in [-0.2, 0) is 0 Å². The second kappa shape index (κ2) is 7.28. The van der Waals surface area contributed by atoms with E-state index in [0.717, 1.165) is 20.3 Å². The fourth-order valence-corrected chi connectivity index (χ4v) is 3.09. The van der Waals surface area contributed by atoms with Crippen LogP contribution in [0, 0.1) is 13.7 Å². The van der Waals surface area contributed by atoms with E-state index in [1.807, 2.05) is 53.1 Å². The predicted octanol–water partition coefficient (Wildman–Crippen LogP) is 5.26. The molecule has 0 aliphatic rings. The smallest absolute Gasteiger partial charge is 0.269 e. The summed E-state index contributed by atoms with van der Waals surface area (Å²) in [6, 6.07) is 20.1.